The number of amides is 1. The highest BCUT2D eigenvalue weighted by Gasteiger charge is 2.26. The summed E-state index contributed by atoms with van der Waals surface area (Å²) in [5.74, 6) is 0.0334. The van der Waals surface area contributed by atoms with E-state index in [-0.39, 0.29) is 5.91 Å². The normalized spacial score (nSPS) is 23.9. The number of aryl methyl sites for hydroxylation is 1. The molecule has 1 unspecified atom stereocenters. The van der Waals surface area contributed by atoms with Gasteiger partial charge in [-0.1, -0.05) is 18.6 Å². The number of piperidine rings is 1. The van der Waals surface area contributed by atoms with Crippen LogP contribution in [0.5, 0.6) is 0 Å². The van der Waals surface area contributed by atoms with E-state index in [0.717, 1.165) is 29.8 Å². The number of benzene rings is 1. The summed E-state index contributed by atoms with van der Waals surface area (Å²) in [6.07, 6.45) is 7.01. The molecule has 0 bridgehead atoms. The molecular weight excluding hydrogens is 248 g/mol. The van der Waals surface area contributed by atoms with Gasteiger partial charge in [-0.3, -0.25) is 4.79 Å². The third kappa shape index (κ3) is 2.33. The van der Waals surface area contributed by atoms with E-state index < -0.39 is 0 Å². The Morgan fingerprint density at radius 3 is 3.05 bits per heavy atom. The highest BCUT2D eigenvalue weighted by Crippen LogP contribution is 2.33. The lowest BCUT2D eigenvalue weighted by Gasteiger charge is -2.34. The van der Waals surface area contributed by atoms with Crippen molar-refractivity contribution in [2.24, 2.45) is 0 Å². The summed E-state index contributed by atoms with van der Waals surface area (Å²) in [5.41, 5.74) is 4.01. The first-order chi connectivity index (χ1) is 9.69. The third-order valence-electron chi connectivity index (χ3n) is 4.40. The average molecular weight is 270 g/mol. The van der Waals surface area contributed by atoms with Crippen LogP contribution in [0.1, 0.15) is 43.7 Å². The maximum absolute atomic E-state index is 12.2. The van der Waals surface area contributed by atoms with Crippen molar-refractivity contribution in [3.63, 3.8) is 0 Å². The van der Waals surface area contributed by atoms with Gasteiger partial charge in [0.05, 0.1) is 5.57 Å². The van der Waals surface area contributed by atoms with Crippen molar-refractivity contribution >= 4 is 17.2 Å². The van der Waals surface area contributed by atoms with Gasteiger partial charge < -0.3 is 10.2 Å². The highest BCUT2D eigenvalue weighted by molar-refractivity contribution is 6.31. The molecule has 2 aliphatic rings. The van der Waals surface area contributed by atoms with Gasteiger partial charge in [0.15, 0.2) is 0 Å². The van der Waals surface area contributed by atoms with Crippen LogP contribution >= 0.6 is 0 Å². The van der Waals surface area contributed by atoms with Crippen LogP contribution in [0.25, 0.3) is 5.57 Å². The Labute approximate surface area is 120 Å². The zero-order chi connectivity index (χ0) is 14.1. The van der Waals surface area contributed by atoms with Gasteiger partial charge in [-0.05, 0) is 44.7 Å². The number of anilines is 1. The minimum Gasteiger partial charge on any atom is -0.374 e. The predicted octanol–water partition coefficient (Wildman–Crippen LogP) is 3.55. The Bertz CT molecular complexity index is 562. The van der Waals surface area contributed by atoms with Gasteiger partial charge in [0.25, 0.3) is 5.91 Å². The zero-order valence-corrected chi connectivity index (χ0v) is 12.3. The maximum Gasteiger partial charge on any atom is 0.257 e. The number of carbonyl (C=O) groups excluding carboxylic acids is 1. The Kier molecular flexibility index (Phi) is 3.51. The molecule has 3 nitrogen and oxygen atoms in total. The molecule has 3 heteroatoms. The van der Waals surface area contributed by atoms with Crippen LogP contribution in [0.4, 0.5) is 5.69 Å². The maximum atomic E-state index is 12.2. The number of likely N-dealkylation sites (tertiary alicyclic amines) is 1. The predicted molar refractivity (Wildman–Crippen MR) is 82.4 cm³/mol. The highest BCUT2D eigenvalue weighted by atomic mass is 16.2. The molecule has 0 aliphatic carbocycles. The van der Waals surface area contributed by atoms with Gasteiger partial charge in [0.1, 0.15) is 0 Å². The van der Waals surface area contributed by atoms with Crippen molar-refractivity contribution in [2.45, 2.75) is 45.6 Å². The van der Waals surface area contributed by atoms with Gasteiger partial charge in [0.2, 0.25) is 0 Å². The monoisotopic (exact) mass is 270 g/mol. The fourth-order valence-electron chi connectivity index (χ4n) is 3.23. The smallest absolute Gasteiger partial charge is 0.257 e. The van der Waals surface area contributed by atoms with Crippen LogP contribution < -0.4 is 5.32 Å². The molecule has 1 N–H and O–H groups in total. The topological polar surface area (TPSA) is 32.3 Å². The Balaban J connectivity index is 1.95. The SMILES string of the molecule is CCC1CCCCN1/C=C1/C(=O)Nc2ccc(C)cc21. The van der Waals surface area contributed by atoms with Crippen molar-refractivity contribution in [1.82, 2.24) is 4.90 Å². The third-order valence-corrected chi connectivity index (χ3v) is 4.40. The Morgan fingerprint density at radius 2 is 2.25 bits per heavy atom. The second kappa shape index (κ2) is 5.31. The van der Waals surface area contributed by atoms with Crippen LogP contribution in [0.3, 0.4) is 0 Å². The van der Waals surface area contributed by atoms with E-state index >= 15 is 0 Å². The van der Waals surface area contributed by atoms with Crippen molar-refractivity contribution in [2.75, 3.05) is 11.9 Å². The van der Waals surface area contributed by atoms with Crippen LogP contribution in [0, 0.1) is 6.92 Å². The van der Waals surface area contributed by atoms with Gasteiger partial charge in [-0.15, -0.1) is 0 Å². The molecule has 20 heavy (non-hydrogen) atoms. The molecule has 1 amide bonds. The van der Waals surface area contributed by atoms with Crippen molar-refractivity contribution < 1.29 is 4.79 Å². The number of nitrogens with one attached hydrogen (secondary N) is 1. The van der Waals surface area contributed by atoms with E-state index in [4.69, 9.17) is 0 Å². The molecule has 2 aliphatic heterocycles. The van der Waals surface area contributed by atoms with Crippen molar-refractivity contribution in [1.29, 1.82) is 0 Å². The molecule has 106 valence electrons. The quantitative estimate of drug-likeness (QED) is 0.833. The molecule has 1 saturated heterocycles. The number of nitrogens with zero attached hydrogens (tertiary/aromatic N) is 1. The van der Waals surface area contributed by atoms with E-state index in [2.05, 4.69) is 36.3 Å². The number of hydrogen-bond acceptors (Lipinski definition) is 2. The van der Waals surface area contributed by atoms with Gasteiger partial charge in [0, 0.05) is 30.0 Å². The van der Waals surface area contributed by atoms with Crippen molar-refractivity contribution in [3.8, 4) is 0 Å². The van der Waals surface area contributed by atoms with Crippen LogP contribution in [0.2, 0.25) is 0 Å². The second-order valence-corrected chi connectivity index (χ2v) is 5.84. The summed E-state index contributed by atoms with van der Waals surface area (Å²) >= 11 is 0. The summed E-state index contributed by atoms with van der Waals surface area (Å²) in [4.78, 5) is 14.6. The minimum atomic E-state index is 0.0334. The van der Waals surface area contributed by atoms with E-state index in [0.29, 0.717) is 6.04 Å². The standard InChI is InChI=1S/C17H22N2O/c1-3-13-6-4-5-9-19(13)11-15-14-10-12(2)7-8-16(14)18-17(15)20/h7-8,10-11,13H,3-6,9H2,1-2H3,(H,18,20)/b15-11+. The van der Waals surface area contributed by atoms with E-state index in [1.165, 1.54) is 24.8 Å². The lowest BCUT2D eigenvalue weighted by Crippen LogP contribution is -2.35. The summed E-state index contributed by atoms with van der Waals surface area (Å²) in [5, 5.41) is 2.96. The lowest BCUT2D eigenvalue weighted by molar-refractivity contribution is -0.110. The second-order valence-electron chi connectivity index (χ2n) is 5.84. The molecule has 0 saturated carbocycles. The largest absolute Gasteiger partial charge is 0.374 e. The fourth-order valence-corrected chi connectivity index (χ4v) is 3.23. The van der Waals surface area contributed by atoms with E-state index in [9.17, 15) is 4.79 Å². The summed E-state index contributed by atoms with van der Waals surface area (Å²) in [6, 6.07) is 6.72. The fraction of sp³-hybridized carbons (Fsp3) is 0.471. The summed E-state index contributed by atoms with van der Waals surface area (Å²) in [6.45, 7) is 5.36. The first-order valence-corrected chi connectivity index (χ1v) is 7.59. The summed E-state index contributed by atoms with van der Waals surface area (Å²) in [7, 11) is 0. The van der Waals surface area contributed by atoms with Crippen LogP contribution in [0.15, 0.2) is 24.4 Å². The number of fused-ring (bicyclic) bond motifs is 1. The molecule has 3 rings (SSSR count). The molecule has 1 fully saturated rings. The van der Waals surface area contributed by atoms with Gasteiger partial charge >= 0.3 is 0 Å². The van der Waals surface area contributed by atoms with Crippen molar-refractivity contribution in [3.05, 3.63) is 35.5 Å². The van der Waals surface area contributed by atoms with Crippen LogP contribution in [-0.4, -0.2) is 23.4 Å². The van der Waals surface area contributed by atoms with Gasteiger partial charge in [-0.25, -0.2) is 0 Å². The number of rotatable bonds is 2. The molecule has 1 aromatic carbocycles. The molecule has 0 radical (unpaired) electrons. The molecule has 1 atom stereocenters. The van der Waals surface area contributed by atoms with E-state index in [1.807, 2.05) is 12.1 Å². The number of hydrogen-bond donors (Lipinski definition) is 1. The molecular formula is C17H22N2O. The minimum absolute atomic E-state index is 0.0334. The van der Waals surface area contributed by atoms with Crippen LogP contribution in [-0.2, 0) is 4.79 Å². The first-order valence-electron chi connectivity index (χ1n) is 7.59. The van der Waals surface area contributed by atoms with Gasteiger partial charge in [-0.2, -0.15) is 0 Å². The first kappa shape index (κ1) is 13.2. The molecule has 1 aromatic rings. The van der Waals surface area contributed by atoms with E-state index in [1.54, 1.807) is 0 Å². The molecule has 0 spiro atoms. The Hall–Kier alpha value is -1.77. The molecule has 2 heterocycles. The zero-order valence-electron chi connectivity index (χ0n) is 12.3. The lowest BCUT2D eigenvalue weighted by atomic mass is 9.99. The summed E-state index contributed by atoms with van der Waals surface area (Å²) < 4.78 is 0. The number of carbonyl (C=O) groups is 1. The Morgan fingerprint density at radius 1 is 1.40 bits per heavy atom. The average Bonchev–Trinajstić information content (AvgIpc) is 2.76. The molecule has 0 aromatic heterocycles.